The van der Waals surface area contributed by atoms with Crippen molar-refractivity contribution in [2.24, 2.45) is 17.8 Å². The van der Waals surface area contributed by atoms with E-state index in [1.165, 1.54) is 38.5 Å². The smallest absolute Gasteiger partial charge is 0.276 e. The highest BCUT2D eigenvalue weighted by molar-refractivity contribution is 7.98. The fourth-order valence-electron chi connectivity index (χ4n) is 6.22. The fourth-order valence-corrected chi connectivity index (χ4v) is 6.91. The average Bonchev–Trinajstić information content (AvgIpc) is 3.20. The molecule has 29 heavy (non-hydrogen) atoms. The lowest BCUT2D eigenvalue weighted by molar-refractivity contribution is -0.0191. The van der Waals surface area contributed by atoms with E-state index in [4.69, 9.17) is 18.6 Å². The van der Waals surface area contributed by atoms with Gasteiger partial charge in [0.05, 0.1) is 21.3 Å². The van der Waals surface area contributed by atoms with Crippen molar-refractivity contribution in [1.29, 1.82) is 0 Å². The van der Waals surface area contributed by atoms with Gasteiger partial charge >= 0.3 is 0 Å². The third-order valence-corrected chi connectivity index (χ3v) is 7.87. The van der Waals surface area contributed by atoms with Crippen molar-refractivity contribution in [3.63, 3.8) is 0 Å². The Bertz CT molecular complexity index is 836. The van der Waals surface area contributed by atoms with E-state index in [2.05, 4.69) is 10.2 Å². The Labute approximate surface area is 175 Å². The minimum absolute atomic E-state index is 0.146. The van der Waals surface area contributed by atoms with Gasteiger partial charge in [0.2, 0.25) is 11.6 Å². The Morgan fingerprint density at radius 2 is 1.52 bits per heavy atom. The van der Waals surface area contributed by atoms with Crippen LogP contribution in [0.2, 0.25) is 0 Å². The second kappa shape index (κ2) is 7.42. The lowest BCUT2D eigenvalue weighted by Crippen LogP contribution is -2.48. The summed E-state index contributed by atoms with van der Waals surface area (Å²) in [5.41, 5.74) is 1.20. The molecule has 0 spiro atoms. The van der Waals surface area contributed by atoms with Crippen LogP contribution in [0.4, 0.5) is 0 Å². The molecule has 7 heteroatoms. The molecule has 0 N–H and O–H groups in total. The maximum atomic E-state index is 6.20. The molecule has 6 rings (SSSR count). The van der Waals surface area contributed by atoms with Crippen LogP contribution in [0, 0.1) is 17.8 Å². The normalized spacial score (nSPS) is 29.8. The Kier molecular flexibility index (Phi) is 4.88. The molecule has 4 fully saturated rings. The van der Waals surface area contributed by atoms with E-state index in [1.807, 2.05) is 12.1 Å². The Hall–Kier alpha value is -1.89. The monoisotopic (exact) mass is 416 g/mol. The number of aromatic nitrogens is 2. The number of hydrogen-bond acceptors (Lipinski definition) is 7. The first-order valence-electron chi connectivity index (χ1n) is 10.4. The van der Waals surface area contributed by atoms with Crippen LogP contribution < -0.4 is 14.2 Å². The van der Waals surface area contributed by atoms with Crippen molar-refractivity contribution in [2.45, 2.75) is 54.9 Å². The molecule has 2 aromatic rings. The van der Waals surface area contributed by atoms with E-state index in [0.717, 1.165) is 29.2 Å². The highest BCUT2D eigenvalue weighted by Gasteiger charge is 2.54. The second-order valence-electron chi connectivity index (χ2n) is 8.89. The number of rotatable bonds is 7. The zero-order chi connectivity index (χ0) is 20.0. The van der Waals surface area contributed by atoms with Crippen molar-refractivity contribution < 1.29 is 18.6 Å². The van der Waals surface area contributed by atoms with Gasteiger partial charge in [-0.3, -0.25) is 0 Å². The summed E-state index contributed by atoms with van der Waals surface area (Å²) in [7, 11) is 4.87. The molecule has 4 bridgehead atoms. The van der Waals surface area contributed by atoms with Crippen molar-refractivity contribution in [3.8, 4) is 17.2 Å². The maximum absolute atomic E-state index is 6.20. The summed E-state index contributed by atoms with van der Waals surface area (Å²) in [6.45, 7) is 0. The molecular weight excluding hydrogens is 388 g/mol. The third-order valence-electron chi connectivity index (χ3n) is 6.99. The maximum Gasteiger partial charge on any atom is 0.276 e. The molecular formula is C22H28N2O4S. The minimum Gasteiger partial charge on any atom is -0.493 e. The van der Waals surface area contributed by atoms with Crippen LogP contribution in [0.1, 0.15) is 50.0 Å². The van der Waals surface area contributed by atoms with E-state index < -0.39 is 0 Å². The molecule has 6 nitrogen and oxygen atoms in total. The molecule has 4 aliphatic rings. The number of benzene rings is 1. The summed E-state index contributed by atoms with van der Waals surface area (Å²) in [4.78, 5) is 0. The number of methoxy groups -OCH3 is 3. The topological polar surface area (TPSA) is 66.6 Å². The zero-order valence-electron chi connectivity index (χ0n) is 17.3. The molecule has 0 amide bonds. The molecule has 4 aliphatic carbocycles. The van der Waals surface area contributed by atoms with Gasteiger partial charge in [-0.2, -0.15) is 0 Å². The molecule has 1 heterocycles. The van der Waals surface area contributed by atoms with Crippen LogP contribution in [0.15, 0.2) is 21.8 Å². The molecule has 0 unspecified atom stereocenters. The molecule has 0 aliphatic heterocycles. The van der Waals surface area contributed by atoms with Gasteiger partial charge in [0.15, 0.2) is 11.5 Å². The summed E-state index contributed by atoms with van der Waals surface area (Å²) in [6, 6.07) is 3.93. The van der Waals surface area contributed by atoms with E-state index in [0.29, 0.717) is 28.2 Å². The SMILES string of the molecule is COc1cc(CSc2nnc(C34CC5CC(CC(C5)C3)C4)o2)cc(OC)c1OC. The lowest BCUT2D eigenvalue weighted by atomic mass is 9.49. The molecule has 4 saturated carbocycles. The van der Waals surface area contributed by atoms with Crippen LogP contribution in [0.5, 0.6) is 17.2 Å². The molecule has 0 saturated heterocycles. The molecule has 0 radical (unpaired) electrons. The van der Waals surface area contributed by atoms with Crippen molar-refractivity contribution in [2.75, 3.05) is 21.3 Å². The summed E-state index contributed by atoms with van der Waals surface area (Å²) in [5, 5.41) is 9.52. The zero-order valence-corrected chi connectivity index (χ0v) is 18.1. The van der Waals surface area contributed by atoms with Gasteiger partial charge in [0.1, 0.15) is 0 Å². The van der Waals surface area contributed by atoms with Crippen molar-refractivity contribution in [1.82, 2.24) is 10.2 Å². The number of hydrogen-bond donors (Lipinski definition) is 0. The number of thioether (sulfide) groups is 1. The predicted octanol–water partition coefficient (Wildman–Crippen LogP) is 4.86. The lowest BCUT2D eigenvalue weighted by Gasteiger charge is -2.55. The van der Waals surface area contributed by atoms with Crippen LogP contribution in [0.3, 0.4) is 0 Å². The van der Waals surface area contributed by atoms with Crippen LogP contribution >= 0.6 is 11.8 Å². The number of nitrogens with zero attached hydrogens (tertiary/aromatic N) is 2. The average molecular weight is 417 g/mol. The van der Waals surface area contributed by atoms with Gasteiger partial charge in [-0.05, 0) is 74.0 Å². The Morgan fingerprint density at radius 3 is 2.03 bits per heavy atom. The standard InChI is InChI=1S/C22H28N2O4S/c1-25-17-7-16(8-18(26-2)19(17)27-3)12-29-21-24-23-20(28-21)22-9-13-4-14(10-22)6-15(5-13)11-22/h7-8,13-15H,4-6,9-12H2,1-3H3. The Balaban J connectivity index is 1.32. The van der Waals surface area contributed by atoms with Crippen LogP contribution in [-0.4, -0.2) is 31.5 Å². The minimum atomic E-state index is 0.146. The third kappa shape index (κ3) is 3.37. The van der Waals surface area contributed by atoms with Crippen molar-refractivity contribution in [3.05, 3.63) is 23.6 Å². The summed E-state index contributed by atoms with van der Waals surface area (Å²) in [6.07, 6.45) is 7.94. The fraction of sp³-hybridized carbons (Fsp3) is 0.636. The van der Waals surface area contributed by atoms with Gasteiger partial charge in [-0.15, -0.1) is 10.2 Å². The largest absolute Gasteiger partial charge is 0.493 e. The van der Waals surface area contributed by atoms with E-state index in [-0.39, 0.29) is 5.41 Å². The van der Waals surface area contributed by atoms with E-state index in [9.17, 15) is 0 Å². The van der Waals surface area contributed by atoms with Gasteiger partial charge in [0.25, 0.3) is 5.22 Å². The van der Waals surface area contributed by atoms with Crippen molar-refractivity contribution >= 4 is 11.8 Å². The second-order valence-corrected chi connectivity index (χ2v) is 9.82. The molecule has 156 valence electrons. The molecule has 0 atom stereocenters. The van der Waals surface area contributed by atoms with Gasteiger partial charge < -0.3 is 18.6 Å². The Morgan fingerprint density at radius 1 is 0.931 bits per heavy atom. The first-order chi connectivity index (χ1) is 14.1. The van der Waals surface area contributed by atoms with Crippen LogP contribution in [0.25, 0.3) is 0 Å². The number of ether oxygens (including phenoxy) is 3. The quantitative estimate of drug-likeness (QED) is 0.597. The summed E-state index contributed by atoms with van der Waals surface area (Å²) >= 11 is 1.56. The highest BCUT2D eigenvalue weighted by Crippen LogP contribution is 2.60. The first-order valence-corrected chi connectivity index (χ1v) is 11.4. The van der Waals surface area contributed by atoms with Gasteiger partial charge in [0, 0.05) is 11.2 Å². The summed E-state index contributed by atoms with van der Waals surface area (Å²) < 4.78 is 22.5. The van der Waals surface area contributed by atoms with Gasteiger partial charge in [-0.25, -0.2) is 0 Å². The van der Waals surface area contributed by atoms with E-state index in [1.54, 1.807) is 33.1 Å². The first kappa shape index (κ1) is 19.1. The van der Waals surface area contributed by atoms with E-state index >= 15 is 0 Å². The molecule has 1 aromatic carbocycles. The summed E-state index contributed by atoms with van der Waals surface area (Å²) in [5.74, 6) is 6.08. The van der Waals surface area contributed by atoms with Gasteiger partial charge in [-0.1, -0.05) is 11.8 Å². The predicted molar refractivity (Wildman–Crippen MR) is 110 cm³/mol. The van der Waals surface area contributed by atoms with Crippen LogP contribution in [-0.2, 0) is 11.2 Å². The highest BCUT2D eigenvalue weighted by atomic mass is 32.2. The molecule has 1 aromatic heterocycles.